The summed E-state index contributed by atoms with van der Waals surface area (Å²) in [7, 11) is 0. The molecule has 0 aromatic carbocycles. The number of aliphatic hydroxyl groups is 1. The molecular formula is C11H23NO2. The summed E-state index contributed by atoms with van der Waals surface area (Å²) in [6, 6.07) is 0. The molecule has 0 heterocycles. The highest BCUT2D eigenvalue weighted by molar-refractivity contribution is 5.78. The number of nitrogens with one attached hydrogen (secondary N) is 1. The lowest BCUT2D eigenvalue weighted by atomic mass is 9.93. The van der Waals surface area contributed by atoms with Crippen LogP contribution in [0.25, 0.3) is 0 Å². The van der Waals surface area contributed by atoms with Crippen LogP contribution < -0.4 is 5.32 Å². The Morgan fingerprint density at radius 2 is 2.07 bits per heavy atom. The second-order valence-electron chi connectivity index (χ2n) is 4.19. The molecule has 0 bridgehead atoms. The predicted molar refractivity (Wildman–Crippen MR) is 58.0 cm³/mol. The molecule has 3 heteroatoms. The fourth-order valence-corrected chi connectivity index (χ4v) is 1.18. The number of hydrogen-bond acceptors (Lipinski definition) is 2. The highest BCUT2D eigenvalue weighted by Gasteiger charge is 2.25. The number of rotatable bonds is 6. The van der Waals surface area contributed by atoms with Gasteiger partial charge in [-0.3, -0.25) is 4.79 Å². The van der Waals surface area contributed by atoms with E-state index in [1.54, 1.807) is 0 Å². The van der Waals surface area contributed by atoms with Crippen molar-refractivity contribution < 1.29 is 9.90 Å². The molecule has 0 aromatic rings. The molecule has 1 amide bonds. The summed E-state index contributed by atoms with van der Waals surface area (Å²) in [4.78, 5) is 11.6. The number of aliphatic hydroxyl groups excluding tert-OH is 1. The lowest BCUT2D eigenvalue weighted by molar-refractivity contribution is -0.126. The van der Waals surface area contributed by atoms with E-state index < -0.39 is 0 Å². The van der Waals surface area contributed by atoms with Gasteiger partial charge in [-0.1, -0.05) is 20.8 Å². The summed E-state index contributed by atoms with van der Waals surface area (Å²) in [6.07, 6.45) is 2.31. The third-order valence-electron chi connectivity index (χ3n) is 2.93. The van der Waals surface area contributed by atoms with Gasteiger partial charge in [0.2, 0.25) is 5.91 Å². The Balaban J connectivity index is 4.23. The Morgan fingerprint density at radius 1 is 1.50 bits per heavy atom. The van der Waals surface area contributed by atoms with E-state index in [2.05, 4.69) is 5.32 Å². The van der Waals surface area contributed by atoms with E-state index in [9.17, 15) is 4.79 Å². The Bertz CT molecular complexity index is 182. The van der Waals surface area contributed by atoms with Crippen LogP contribution in [0.3, 0.4) is 0 Å². The van der Waals surface area contributed by atoms with Gasteiger partial charge in [-0.05, 0) is 26.2 Å². The Morgan fingerprint density at radius 3 is 2.43 bits per heavy atom. The summed E-state index contributed by atoms with van der Waals surface area (Å²) in [6.45, 7) is 8.03. The van der Waals surface area contributed by atoms with Crippen molar-refractivity contribution in [3.8, 4) is 0 Å². The minimum atomic E-state index is -0.255. The largest absolute Gasteiger partial charge is 0.396 e. The van der Waals surface area contributed by atoms with Crippen LogP contribution in [0.5, 0.6) is 0 Å². The summed E-state index contributed by atoms with van der Waals surface area (Å²) in [5.74, 6) is 0.143. The van der Waals surface area contributed by atoms with Crippen LogP contribution in [-0.4, -0.2) is 23.2 Å². The topological polar surface area (TPSA) is 49.3 Å². The molecule has 84 valence electrons. The molecule has 0 fully saturated rings. The van der Waals surface area contributed by atoms with Gasteiger partial charge in [-0.25, -0.2) is 0 Å². The van der Waals surface area contributed by atoms with E-state index in [0.717, 1.165) is 12.8 Å². The molecule has 2 atom stereocenters. The average Bonchev–Trinajstić information content (AvgIpc) is 2.16. The minimum Gasteiger partial charge on any atom is -0.396 e. The summed E-state index contributed by atoms with van der Waals surface area (Å²) in [5.41, 5.74) is -0.255. The number of carbonyl (C=O) groups excluding carboxylic acids is 1. The van der Waals surface area contributed by atoms with Crippen LogP contribution in [0, 0.1) is 5.92 Å². The maximum absolute atomic E-state index is 11.6. The second kappa shape index (κ2) is 6.02. The lowest BCUT2D eigenvalue weighted by Crippen LogP contribution is -2.48. The van der Waals surface area contributed by atoms with Crippen molar-refractivity contribution >= 4 is 5.91 Å². The monoisotopic (exact) mass is 201 g/mol. The number of carbonyl (C=O) groups is 1. The highest BCUT2D eigenvalue weighted by Crippen LogP contribution is 2.15. The van der Waals surface area contributed by atoms with Crippen molar-refractivity contribution in [2.24, 2.45) is 5.92 Å². The average molecular weight is 201 g/mol. The van der Waals surface area contributed by atoms with Crippen LogP contribution in [0.15, 0.2) is 0 Å². The van der Waals surface area contributed by atoms with Crippen LogP contribution in [0.2, 0.25) is 0 Å². The third kappa shape index (κ3) is 4.09. The fourth-order valence-electron chi connectivity index (χ4n) is 1.18. The number of amides is 1. The zero-order chi connectivity index (χ0) is 11.2. The van der Waals surface area contributed by atoms with Gasteiger partial charge in [0.05, 0.1) is 0 Å². The standard InChI is InChI=1S/C11H23NO2/c1-5-9(3)10(14)12-11(4,6-2)7-8-13/h9,13H,5-8H2,1-4H3,(H,12,14). The van der Waals surface area contributed by atoms with Gasteiger partial charge in [0, 0.05) is 18.1 Å². The zero-order valence-electron chi connectivity index (χ0n) is 9.76. The van der Waals surface area contributed by atoms with Crippen molar-refractivity contribution in [3.63, 3.8) is 0 Å². The second-order valence-corrected chi connectivity index (χ2v) is 4.19. The Kier molecular flexibility index (Phi) is 5.77. The summed E-state index contributed by atoms with van der Waals surface area (Å²) < 4.78 is 0. The van der Waals surface area contributed by atoms with E-state index in [0.29, 0.717) is 6.42 Å². The highest BCUT2D eigenvalue weighted by atomic mass is 16.3. The first-order valence-corrected chi connectivity index (χ1v) is 5.42. The zero-order valence-corrected chi connectivity index (χ0v) is 9.76. The third-order valence-corrected chi connectivity index (χ3v) is 2.93. The first-order chi connectivity index (χ1) is 6.49. The van der Waals surface area contributed by atoms with Gasteiger partial charge in [0.15, 0.2) is 0 Å². The van der Waals surface area contributed by atoms with E-state index in [1.165, 1.54) is 0 Å². The first kappa shape index (κ1) is 13.4. The molecule has 0 saturated heterocycles. The van der Waals surface area contributed by atoms with Crippen molar-refractivity contribution in [3.05, 3.63) is 0 Å². The maximum Gasteiger partial charge on any atom is 0.223 e. The molecule has 0 aromatic heterocycles. The molecule has 0 saturated carbocycles. The van der Waals surface area contributed by atoms with E-state index in [-0.39, 0.29) is 24.0 Å². The molecule has 0 aliphatic carbocycles. The van der Waals surface area contributed by atoms with Gasteiger partial charge in [0.25, 0.3) is 0 Å². The molecule has 0 aliphatic rings. The molecule has 2 N–H and O–H groups in total. The molecule has 3 nitrogen and oxygen atoms in total. The normalized spacial score (nSPS) is 17.2. The van der Waals surface area contributed by atoms with E-state index >= 15 is 0 Å². The smallest absolute Gasteiger partial charge is 0.223 e. The van der Waals surface area contributed by atoms with Gasteiger partial charge in [-0.15, -0.1) is 0 Å². The van der Waals surface area contributed by atoms with Crippen LogP contribution in [-0.2, 0) is 4.79 Å². The van der Waals surface area contributed by atoms with Gasteiger partial charge >= 0.3 is 0 Å². The van der Waals surface area contributed by atoms with Crippen molar-refractivity contribution in [1.29, 1.82) is 0 Å². The quantitative estimate of drug-likeness (QED) is 0.687. The van der Waals surface area contributed by atoms with Crippen LogP contribution in [0.1, 0.15) is 47.0 Å². The minimum absolute atomic E-state index is 0.0552. The first-order valence-electron chi connectivity index (χ1n) is 5.42. The molecule has 14 heavy (non-hydrogen) atoms. The van der Waals surface area contributed by atoms with Crippen LogP contribution >= 0.6 is 0 Å². The van der Waals surface area contributed by atoms with Gasteiger partial charge in [-0.2, -0.15) is 0 Å². The van der Waals surface area contributed by atoms with Crippen molar-refractivity contribution in [1.82, 2.24) is 5.32 Å². The van der Waals surface area contributed by atoms with Crippen LogP contribution in [0.4, 0.5) is 0 Å². The Hall–Kier alpha value is -0.570. The van der Waals surface area contributed by atoms with E-state index in [4.69, 9.17) is 5.11 Å². The fraction of sp³-hybridized carbons (Fsp3) is 0.909. The maximum atomic E-state index is 11.6. The summed E-state index contributed by atoms with van der Waals surface area (Å²) in [5, 5.41) is 11.9. The van der Waals surface area contributed by atoms with E-state index in [1.807, 2.05) is 27.7 Å². The van der Waals surface area contributed by atoms with Crippen molar-refractivity contribution in [2.45, 2.75) is 52.5 Å². The number of hydrogen-bond donors (Lipinski definition) is 2. The van der Waals surface area contributed by atoms with Gasteiger partial charge < -0.3 is 10.4 Å². The lowest BCUT2D eigenvalue weighted by Gasteiger charge is -2.30. The molecule has 0 radical (unpaired) electrons. The molecule has 0 rings (SSSR count). The SMILES string of the molecule is CCC(C)C(=O)NC(C)(CC)CCO. The molecular weight excluding hydrogens is 178 g/mol. The summed E-state index contributed by atoms with van der Waals surface area (Å²) >= 11 is 0. The Labute approximate surface area is 86.9 Å². The van der Waals surface area contributed by atoms with Gasteiger partial charge in [0.1, 0.15) is 0 Å². The molecule has 0 aliphatic heterocycles. The van der Waals surface area contributed by atoms with Crippen molar-refractivity contribution in [2.75, 3.05) is 6.61 Å². The molecule has 0 spiro atoms. The molecule has 2 unspecified atom stereocenters. The predicted octanol–water partition coefficient (Wildman–Crippen LogP) is 1.70.